The Morgan fingerprint density at radius 2 is 1.83 bits per heavy atom. The van der Waals surface area contributed by atoms with Gasteiger partial charge in [-0.3, -0.25) is 9.59 Å². The standard InChI is InChI=1S/C25H26N2O2S/c1-4-5-15-27-22-14-13-21(19-7-6-8-20(23(19)22)25(27)29)26-24(28)17-9-11-18(12-10-17)30-16(2)3/h6-14,16H,4-5,15H2,1-3H3,(H,26,28). The Bertz CT molecular complexity index is 1110. The van der Waals surface area contributed by atoms with E-state index in [-0.39, 0.29) is 11.8 Å². The molecule has 1 N–H and O–H groups in total. The van der Waals surface area contributed by atoms with Crippen LogP contribution in [-0.4, -0.2) is 23.6 Å². The van der Waals surface area contributed by atoms with Gasteiger partial charge in [-0.15, -0.1) is 11.8 Å². The van der Waals surface area contributed by atoms with Crippen molar-refractivity contribution in [1.82, 2.24) is 0 Å². The van der Waals surface area contributed by atoms with Gasteiger partial charge < -0.3 is 10.2 Å². The molecule has 0 aliphatic carbocycles. The van der Waals surface area contributed by atoms with Crippen molar-refractivity contribution in [1.29, 1.82) is 0 Å². The van der Waals surface area contributed by atoms with Gasteiger partial charge in [0.25, 0.3) is 11.8 Å². The molecule has 0 unspecified atom stereocenters. The number of hydrogen-bond donors (Lipinski definition) is 1. The van der Waals surface area contributed by atoms with E-state index < -0.39 is 0 Å². The molecule has 2 amide bonds. The Kier molecular flexibility index (Phi) is 5.82. The van der Waals surface area contributed by atoms with Crippen molar-refractivity contribution in [2.24, 2.45) is 0 Å². The van der Waals surface area contributed by atoms with Crippen molar-refractivity contribution in [2.75, 3.05) is 16.8 Å². The Morgan fingerprint density at radius 3 is 2.53 bits per heavy atom. The first-order valence-electron chi connectivity index (χ1n) is 10.4. The van der Waals surface area contributed by atoms with Crippen LogP contribution in [-0.2, 0) is 0 Å². The van der Waals surface area contributed by atoms with Gasteiger partial charge in [-0.1, -0.05) is 39.3 Å². The van der Waals surface area contributed by atoms with E-state index >= 15 is 0 Å². The number of nitrogens with one attached hydrogen (secondary N) is 1. The molecule has 3 aromatic rings. The number of thioether (sulfide) groups is 1. The topological polar surface area (TPSA) is 49.4 Å². The number of carbonyl (C=O) groups is 2. The van der Waals surface area contributed by atoms with Crippen LogP contribution in [0.4, 0.5) is 11.4 Å². The first-order chi connectivity index (χ1) is 14.5. The number of anilines is 2. The monoisotopic (exact) mass is 418 g/mol. The maximum Gasteiger partial charge on any atom is 0.258 e. The van der Waals surface area contributed by atoms with Crippen LogP contribution < -0.4 is 10.2 Å². The highest BCUT2D eigenvalue weighted by atomic mass is 32.2. The molecule has 154 valence electrons. The van der Waals surface area contributed by atoms with E-state index in [1.165, 1.54) is 0 Å². The molecule has 30 heavy (non-hydrogen) atoms. The average molecular weight is 419 g/mol. The molecule has 1 aliphatic heterocycles. The summed E-state index contributed by atoms with van der Waals surface area (Å²) in [7, 11) is 0. The summed E-state index contributed by atoms with van der Waals surface area (Å²) in [6.07, 6.45) is 2.00. The zero-order chi connectivity index (χ0) is 21.3. The van der Waals surface area contributed by atoms with E-state index in [4.69, 9.17) is 0 Å². The van der Waals surface area contributed by atoms with Gasteiger partial charge in [0.1, 0.15) is 0 Å². The summed E-state index contributed by atoms with van der Waals surface area (Å²) in [5, 5.41) is 5.37. The fourth-order valence-electron chi connectivity index (χ4n) is 3.84. The van der Waals surface area contributed by atoms with Crippen LogP contribution in [0, 0.1) is 0 Å². The number of carbonyl (C=O) groups excluding carboxylic acids is 2. The van der Waals surface area contributed by atoms with Gasteiger partial charge in [0.2, 0.25) is 0 Å². The molecule has 5 heteroatoms. The zero-order valence-corrected chi connectivity index (χ0v) is 18.4. The number of benzene rings is 3. The summed E-state index contributed by atoms with van der Waals surface area (Å²) in [5.74, 6) is -0.102. The molecule has 0 saturated heterocycles. The minimum Gasteiger partial charge on any atom is -0.321 e. The molecule has 0 radical (unpaired) electrons. The molecule has 0 aromatic heterocycles. The molecule has 1 heterocycles. The summed E-state index contributed by atoms with van der Waals surface area (Å²) in [6, 6.07) is 17.3. The predicted octanol–water partition coefficient (Wildman–Crippen LogP) is 6.35. The molecule has 0 saturated carbocycles. The number of unbranched alkanes of at least 4 members (excludes halogenated alkanes) is 1. The minimum atomic E-state index is -0.149. The summed E-state index contributed by atoms with van der Waals surface area (Å²) in [6.45, 7) is 7.13. The van der Waals surface area contributed by atoms with E-state index in [1.807, 2.05) is 59.5 Å². The average Bonchev–Trinajstić information content (AvgIpc) is 3.01. The lowest BCUT2D eigenvalue weighted by atomic mass is 10.0. The molecule has 1 aliphatic rings. The predicted molar refractivity (Wildman–Crippen MR) is 126 cm³/mol. The number of nitrogens with zero attached hydrogens (tertiary/aromatic N) is 1. The molecule has 0 bridgehead atoms. The van der Waals surface area contributed by atoms with E-state index in [0.717, 1.165) is 39.9 Å². The first kappa shape index (κ1) is 20.5. The molecular weight excluding hydrogens is 392 g/mol. The number of rotatable bonds is 7. The largest absolute Gasteiger partial charge is 0.321 e. The summed E-state index contributed by atoms with van der Waals surface area (Å²) < 4.78 is 0. The lowest BCUT2D eigenvalue weighted by molar-refractivity contribution is 0.0991. The van der Waals surface area contributed by atoms with Crippen LogP contribution in [0.2, 0.25) is 0 Å². The normalized spacial score (nSPS) is 12.8. The number of hydrogen-bond acceptors (Lipinski definition) is 3. The van der Waals surface area contributed by atoms with Gasteiger partial charge in [0.05, 0.1) is 5.69 Å². The van der Waals surface area contributed by atoms with Gasteiger partial charge in [-0.2, -0.15) is 0 Å². The Labute approximate surface area is 181 Å². The lowest BCUT2D eigenvalue weighted by Gasteiger charge is -2.17. The van der Waals surface area contributed by atoms with Crippen LogP contribution in [0.15, 0.2) is 59.5 Å². The van der Waals surface area contributed by atoms with Crippen molar-refractivity contribution >= 4 is 45.7 Å². The number of amides is 2. The van der Waals surface area contributed by atoms with Crippen molar-refractivity contribution in [2.45, 2.75) is 43.8 Å². The molecule has 4 rings (SSSR count). The Hall–Kier alpha value is -2.79. The third-order valence-electron chi connectivity index (χ3n) is 5.26. The minimum absolute atomic E-state index is 0.0470. The Balaban J connectivity index is 1.63. The zero-order valence-electron chi connectivity index (χ0n) is 17.6. The smallest absolute Gasteiger partial charge is 0.258 e. The first-order valence-corrected chi connectivity index (χ1v) is 11.3. The lowest BCUT2D eigenvalue weighted by Crippen LogP contribution is -2.27. The second-order valence-corrected chi connectivity index (χ2v) is 9.47. The van der Waals surface area contributed by atoms with Crippen molar-refractivity contribution in [3.05, 3.63) is 65.7 Å². The van der Waals surface area contributed by atoms with Crippen LogP contribution in [0.3, 0.4) is 0 Å². The van der Waals surface area contributed by atoms with E-state index in [0.29, 0.717) is 22.9 Å². The quantitative estimate of drug-likeness (QED) is 0.455. The highest BCUT2D eigenvalue weighted by Gasteiger charge is 2.30. The maximum absolute atomic E-state index is 12.9. The second kappa shape index (κ2) is 8.52. The third kappa shape index (κ3) is 3.82. The van der Waals surface area contributed by atoms with E-state index in [9.17, 15) is 9.59 Å². The van der Waals surface area contributed by atoms with Gasteiger partial charge in [0, 0.05) is 44.3 Å². The van der Waals surface area contributed by atoms with Crippen LogP contribution >= 0.6 is 11.8 Å². The van der Waals surface area contributed by atoms with Crippen molar-refractivity contribution in [3.8, 4) is 0 Å². The van der Waals surface area contributed by atoms with Gasteiger partial charge in [0.15, 0.2) is 0 Å². The molecule has 0 spiro atoms. The van der Waals surface area contributed by atoms with E-state index in [2.05, 4.69) is 26.1 Å². The van der Waals surface area contributed by atoms with Crippen LogP contribution in [0.5, 0.6) is 0 Å². The van der Waals surface area contributed by atoms with Gasteiger partial charge >= 0.3 is 0 Å². The van der Waals surface area contributed by atoms with Gasteiger partial charge in [-0.25, -0.2) is 0 Å². The Morgan fingerprint density at radius 1 is 1.07 bits per heavy atom. The summed E-state index contributed by atoms with van der Waals surface area (Å²) in [5.41, 5.74) is 3.00. The van der Waals surface area contributed by atoms with Crippen LogP contribution in [0.25, 0.3) is 10.8 Å². The summed E-state index contributed by atoms with van der Waals surface area (Å²) in [4.78, 5) is 28.7. The SMILES string of the molecule is CCCCN1C(=O)c2cccc3c(NC(=O)c4ccc(SC(C)C)cc4)ccc1c23. The molecule has 3 aromatic carbocycles. The third-order valence-corrected chi connectivity index (χ3v) is 6.27. The molecular formula is C25H26N2O2S. The highest BCUT2D eigenvalue weighted by molar-refractivity contribution is 7.99. The maximum atomic E-state index is 12.9. The van der Waals surface area contributed by atoms with Crippen LogP contribution in [0.1, 0.15) is 54.3 Å². The highest BCUT2D eigenvalue weighted by Crippen LogP contribution is 2.40. The molecule has 0 fully saturated rings. The molecule has 4 nitrogen and oxygen atoms in total. The van der Waals surface area contributed by atoms with Gasteiger partial charge in [-0.05, 0) is 48.9 Å². The van der Waals surface area contributed by atoms with E-state index in [1.54, 1.807) is 11.8 Å². The molecule has 0 atom stereocenters. The van der Waals surface area contributed by atoms with Crippen molar-refractivity contribution < 1.29 is 9.59 Å². The fraction of sp³-hybridized carbons (Fsp3) is 0.280. The second-order valence-electron chi connectivity index (χ2n) is 7.82. The fourth-order valence-corrected chi connectivity index (χ4v) is 4.68. The summed E-state index contributed by atoms with van der Waals surface area (Å²) >= 11 is 1.77. The van der Waals surface area contributed by atoms with Crippen molar-refractivity contribution in [3.63, 3.8) is 0 Å².